The predicted octanol–water partition coefficient (Wildman–Crippen LogP) is 3.53. The lowest BCUT2D eigenvalue weighted by molar-refractivity contribution is -0.384. The third kappa shape index (κ3) is 2.25. The van der Waals surface area contributed by atoms with E-state index in [0.717, 1.165) is 12.1 Å². The summed E-state index contributed by atoms with van der Waals surface area (Å²) in [4.78, 5) is 10.3. The molecule has 3 rings (SSSR count). The molecule has 0 radical (unpaired) electrons. The second-order valence-corrected chi connectivity index (χ2v) is 4.58. The minimum absolute atomic E-state index is 0.0909. The molecular weight excluding hydrogens is 254 g/mol. The molecule has 0 spiro atoms. The molecule has 1 heterocycles. The van der Waals surface area contributed by atoms with Gasteiger partial charge in [0.1, 0.15) is 0 Å². The lowest BCUT2D eigenvalue weighted by Crippen LogP contribution is -2.18. The maximum Gasteiger partial charge on any atom is 0.269 e. The van der Waals surface area contributed by atoms with Gasteiger partial charge in [0.2, 0.25) is 0 Å². The molecule has 1 aliphatic heterocycles. The van der Waals surface area contributed by atoms with E-state index in [1.807, 2.05) is 29.4 Å². The van der Waals surface area contributed by atoms with Crippen molar-refractivity contribution in [2.75, 3.05) is 5.01 Å². The summed E-state index contributed by atoms with van der Waals surface area (Å²) in [5.74, 6) is 0. The standard InChI is InChI=1S/C15H13N3O2/c19-18(20)14-8-6-13(7-9-14)17-15(10-11-16-17)12-4-2-1-3-5-12/h1-9,11,15H,10H2. The van der Waals surface area contributed by atoms with E-state index in [4.69, 9.17) is 0 Å². The first-order valence-electron chi connectivity index (χ1n) is 6.37. The minimum Gasteiger partial charge on any atom is -0.258 e. The van der Waals surface area contributed by atoms with Gasteiger partial charge in [-0.1, -0.05) is 30.3 Å². The molecule has 0 aliphatic carbocycles. The van der Waals surface area contributed by atoms with Gasteiger partial charge in [0, 0.05) is 24.8 Å². The molecule has 2 aromatic rings. The van der Waals surface area contributed by atoms with Crippen LogP contribution < -0.4 is 5.01 Å². The van der Waals surface area contributed by atoms with E-state index in [-0.39, 0.29) is 11.7 Å². The molecule has 1 unspecified atom stereocenters. The fourth-order valence-electron chi connectivity index (χ4n) is 2.34. The minimum atomic E-state index is -0.397. The highest BCUT2D eigenvalue weighted by Crippen LogP contribution is 2.33. The number of non-ortho nitro benzene ring substituents is 1. The molecule has 100 valence electrons. The Kier molecular flexibility index (Phi) is 3.16. The number of hydrogen-bond donors (Lipinski definition) is 0. The van der Waals surface area contributed by atoms with Crippen molar-refractivity contribution in [3.05, 3.63) is 70.3 Å². The SMILES string of the molecule is O=[N+]([O-])c1ccc(N2N=CCC2c2ccccc2)cc1. The van der Waals surface area contributed by atoms with Crippen LogP contribution in [0.25, 0.3) is 0 Å². The second-order valence-electron chi connectivity index (χ2n) is 4.58. The zero-order valence-electron chi connectivity index (χ0n) is 10.7. The van der Waals surface area contributed by atoms with E-state index in [1.165, 1.54) is 17.7 Å². The van der Waals surface area contributed by atoms with Crippen molar-refractivity contribution in [1.82, 2.24) is 0 Å². The van der Waals surface area contributed by atoms with Crippen molar-refractivity contribution in [2.45, 2.75) is 12.5 Å². The van der Waals surface area contributed by atoms with Crippen molar-refractivity contribution < 1.29 is 4.92 Å². The summed E-state index contributed by atoms with van der Waals surface area (Å²) in [6.07, 6.45) is 2.71. The van der Waals surface area contributed by atoms with E-state index in [2.05, 4.69) is 17.2 Å². The number of benzene rings is 2. The Hall–Kier alpha value is -2.69. The Morgan fingerprint density at radius 1 is 1.10 bits per heavy atom. The number of hydrogen-bond acceptors (Lipinski definition) is 4. The summed E-state index contributed by atoms with van der Waals surface area (Å²) in [6, 6.07) is 16.7. The van der Waals surface area contributed by atoms with Gasteiger partial charge in [0.15, 0.2) is 0 Å². The van der Waals surface area contributed by atoms with Crippen molar-refractivity contribution in [2.24, 2.45) is 5.10 Å². The smallest absolute Gasteiger partial charge is 0.258 e. The Labute approximate surface area is 116 Å². The second kappa shape index (κ2) is 5.13. The van der Waals surface area contributed by atoms with Crippen LogP contribution in [0.5, 0.6) is 0 Å². The normalized spacial score (nSPS) is 17.4. The molecular formula is C15H13N3O2. The van der Waals surface area contributed by atoms with E-state index in [9.17, 15) is 10.1 Å². The Balaban J connectivity index is 1.88. The molecule has 0 saturated heterocycles. The highest BCUT2D eigenvalue weighted by molar-refractivity contribution is 5.68. The molecule has 0 bridgehead atoms. The molecule has 0 saturated carbocycles. The number of nitrogens with zero attached hydrogens (tertiary/aromatic N) is 3. The van der Waals surface area contributed by atoms with E-state index >= 15 is 0 Å². The van der Waals surface area contributed by atoms with Crippen molar-refractivity contribution in [3.8, 4) is 0 Å². The maximum absolute atomic E-state index is 10.7. The van der Waals surface area contributed by atoms with Crippen LogP contribution in [-0.4, -0.2) is 11.1 Å². The average molecular weight is 267 g/mol. The number of rotatable bonds is 3. The summed E-state index contributed by atoms with van der Waals surface area (Å²) in [5.41, 5.74) is 2.13. The summed E-state index contributed by atoms with van der Waals surface area (Å²) in [6.45, 7) is 0. The van der Waals surface area contributed by atoms with Gasteiger partial charge in [-0.25, -0.2) is 0 Å². The monoisotopic (exact) mass is 267 g/mol. The van der Waals surface area contributed by atoms with Crippen LogP contribution in [-0.2, 0) is 0 Å². The van der Waals surface area contributed by atoms with Gasteiger partial charge in [-0.05, 0) is 17.7 Å². The molecule has 5 heteroatoms. The molecule has 20 heavy (non-hydrogen) atoms. The summed E-state index contributed by atoms with van der Waals surface area (Å²) >= 11 is 0. The van der Waals surface area contributed by atoms with Crippen LogP contribution in [0.15, 0.2) is 59.7 Å². The average Bonchev–Trinajstić information content (AvgIpc) is 2.97. The van der Waals surface area contributed by atoms with Crippen LogP contribution in [0.1, 0.15) is 18.0 Å². The third-order valence-corrected chi connectivity index (χ3v) is 3.34. The van der Waals surface area contributed by atoms with E-state index in [1.54, 1.807) is 12.1 Å². The highest BCUT2D eigenvalue weighted by atomic mass is 16.6. The Bertz CT molecular complexity index is 638. The summed E-state index contributed by atoms with van der Waals surface area (Å²) < 4.78 is 0. The van der Waals surface area contributed by atoms with Gasteiger partial charge in [-0.3, -0.25) is 15.1 Å². The summed E-state index contributed by atoms with van der Waals surface area (Å²) in [5, 5.41) is 17.0. The molecule has 1 aliphatic rings. The lowest BCUT2D eigenvalue weighted by Gasteiger charge is -2.24. The first-order chi connectivity index (χ1) is 9.75. The summed E-state index contributed by atoms with van der Waals surface area (Å²) in [7, 11) is 0. The van der Waals surface area contributed by atoms with Crippen molar-refractivity contribution in [3.63, 3.8) is 0 Å². The largest absolute Gasteiger partial charge is 0.269 e. The predicted molar refractivity (Wildman–Crippen MR) is 77.9 cm³/mol. The lowest BCUT2D eigenvalue weighted by atomic mass is 10.0. The van der Waals surface area contributed by atoms with Crippen LogP contribution in [0.4, 0.5) is 11.4 Å². The molecule has 0 aromatic heterocycles. The quantitative estimate of drug-likeness (QED) is 0.631. The molecule has 0 fully saturated rings. The zero-order valence-corrected chi connectivity index (χ0v) is 10.7. The van der Waals surface area contributed by atoms with Crippen LogP contribution >= 0.6 is 0 Å². The van der Waals surface area contributed by atoms with Crippen molar-refractivity contribution >= 4 is 17.6 Å². The van der Waals surface area contributed by atoms with Gasteiger partial charge in [-0.15, -0.1) is 0 Å². The fraction of sp³-hybridized carbons (Fsp3) is 0.133. The number of hydrazone groups is 1. The third-order valence-electron chi connectivity index (χ3n) is 3.34. The zero-order chi connectivity index (χ0) is 13.9. The fourth-order valence-corrected chi connectivity index (χ4v) is 2.34. The first kappa shape index (κ1) is 12.3. The van der Waals surface area contributed by atoms with Gasteiger partial charge < -0.3 is 0 Å². The molecule has 1 atom stereocenters. The Morgan fingerprint density at radius 2 is 1.80 bits per heavy atom. The number of nitro groups is 1. The molecule has 0 amide bonds. The first-order valence-corrected chi connectivity index (χ1v) is 6.37. The highest BCUT2D eigenvalue weighted by Gasteiger charge is 2.24. The Morgan fingerprint density at radius 3 is 2.45 bits per heavy atom. The van der Waals surface area contributed by atoms with Gasteiger partial charge in [0.05, 0.1) is 16.7 Å². The molecule has 5 nitrogen and oxygen atoms in total. The van der Waals surface area contributed by atoms with Crippen LogP contribution in [0, 0.1) is 10.1 Å². The van der Waals surface area contributed by atoms with Crippen LogP contribution in [0.2, 0.25) is 0 Å². The molecule has 0 N–H and O–H groups in total. The topological polar surface area (TPSA) is 58.7 Å². The van der Waals surface area contributed by atoms with E-state index in [0.29, 0.717) is 0 Å². The van der Waals surface area contributed by atoms with E-state index < -0.39 is 4.92 Å². The van der Waals surface area contributed by atoms with Gasteiger partial charge in [0.25, 0.3) is 5.69 Å². The van der Waals surface area contributed by atoms with Gasteiger partial charge in [-0.2, -0.15) is 5.10 Å². The maximum atomic E-state index is 10.7. The molecule has 2 aromatic carbocycles. The van der Waals surface area contributed by atoms with Gasteiger partial charge >= 0.3 is 0 Å². The number of nitro benzene ring substituents is 1. The van der Waals surface area contributed by atoms with Crippen molar-refractivity contribution in [1.29, 1.82) is 0 Å². The number of anilines is 1. The van der Waals surface area contributed by atoms with Crippen LogP contribution in [0.3, 0.4) is 0 Å².